The number of nitrogens with zero attached hydrogens (tertiary/aromatic N) is 3. The molecule has 4 heteroatoms. The van der Waals surface area contributed by atoms with Crippen LogP contribution in [-0.4, -0.2) is 20.2 Å². The predicted octanol–water partition coefficient (Wildman–Crippen LogP) is 0.867. The van der Waals surface area contributed by atoms with Crippen molar-refractivity contribution in [3.8, 4) is 11.4 Å². The predicted molar refractivity (Wildman–Crippen MR) is 39.6 cm³/mol. The van der Waals surface area contributed by atoms with E-state index >= 15 is 0 Å². The maximum Gasteiger partial charge on any atom is 0.162 e. The van der Waals surface area contributed by atoms with Crippen LogP contribution in [0.25, 0.3) is 11.4 Å². The first kappa shape index (κ1) is 6.03. The Bertz CT molecular complexity index is 313. The Balaban J connectivity index is 2.46. The highest BCUT2D eigenvalue weighted by atomic mass is 15.1. The van der Waals surface area contributed by atoms with E-state index in [0.717, 1.165) is 5.56 Å². The zero-order valence-corrected chi connectivity index (χ0v) is 5.73. The van der Waals surface area contributed by atoms with Crippen molar-refractivity contribution in [2.24, 2.45) is 0 Å². The highest BCUT2D eigenvalue weighted by Gasteiger charge is 1.97. The lowest BCUT2D eigenvalue weighted by atomic mass is 10.3. The molecule has 1 N–H and O–H groups in total. The van der Waals surface area contributed by atoms with E-state index in [4.69, 9.17) is 0 Å². The van der Waals surface area contributed by atoms with Gasteiger partial charge in [-0.3, -0.25) is 5.10 Å². The number of rotatable bonds is 1. The summed E-state index contributed by atoms with van der Waals surface area (Å²) >= 11 is 0. The molecule has 11 heavy (non-hydrogen) atoms. The van der Waals surface area contributed by atoms with E-state index in [9.17, 15) is 0 Å². The minimum Gasteiger partial charge on any atom is -0.285 e. The van der Waals surface area contributed by atoms with E-state index in [2.05, 4.69) is 20.2 Å². The second-order valence-corrected chi connectivity index (χ2v) is 2.06. The Morgan fingerprint density at radius 3 is 2.64 bits per heavy atom. The first-order chi connectivity index (χ1) is 5.47. The van der Waals surface area contributed by atoms with Crippen LogP contribution in [0.15, 0.2) is 30.9 Å². The molecule has 0 amide bonds. The van der Waals surface area contributed by atoms with E-state index in [0.29, 0.717) is 5.82 Å². The molecule has 0 saturated carbocycles. The van der Waals surface area contributed by atoms with Crippen molar-refractivity contribution in [1.82, 2.24) is 20.2 Å². The second-order valence-electron chi connectivity index (χ2n) is 2.06. The average molecular weight is 146 g/mol. The lowest BCUT2D eigenvalue weighted by Crippen LogP contribution is -1.83. The van der Waals surface area contributed by atoms with Gasteiger partial charge in [0.05, 0.1) is 11.8 Å². The van der Waals surface area contributed by atoms with Gasteiger partial charge in [0, 0.05) is 18.6 Å². The number of aromatic nitrogens is 4. The summed E-state index contributed by atoms with van der Waals surface area (Å²) in [6.07, 6.45) is 6.86. The fourth-order valence-electron chi connectivity index (χ4n) is 0.821. The van der Waals surface area contributed by atoms with E-state index < -0.39 is 0 Å². The Morgan fingerprint density at radius 2 is 2.00 bits per heavy atom. The van der Waals surface area contributed by atoms with Crippen molar-refractivity contribution in [3.63, 3.8) is 0 Å². The lowest BCUT2D eigenvalue weighted by Gasteiger charge is -1.90. The van der Waals surface area contributed by atoms with Gasteiger partial charge in [0.1, 0.15) is 0 Å². The van der Waals surface area contributed by atoms with Crippen molar-refractivity contribution in [2.45, 2.75) is 0 Å². The molecule has 0 saturated heterocycles. The summed E-state index contributed by atoms with van der Waals surface area (Å²) in [5, 5.41) is 6.49. The minimum absolute atomic E-state index is 0.696. The molecule has 0 bridgehead atoms. The molecule has 54 valence electrons. The fourth-order valence-corrected chi connectivity index (χ4v) is 0.821. The van der Waals surface area contributed by atoms with Gasteiger partial charge in [-0.25, -0.2) is 9.97 Å². The summed E-state index contributed by atoms with van der Waals surface area (Å²) in [5.74, 6) is 0.696. The SMILES string of the molecule is c1cnc(-c2cn[nH]c2)nc1. The Hall–Kier alpha value is -1.71. The molecule has 0 atom stereocenters. The van der Waals surface area contributed by atoms with Crippen molar-refractivity contribution >= 4 is 0 Å². The van der Waals surface area contributed by atoms with Crippen LogP contribution in [0.4, 0.5) is 0 Å². The molecule has 0 aliphatic rings. The molecule has 0 aromatic carbocycles. The number of hydrogen-bond donors (Lipinski definition) is 1. The summed E-state index contributed by atoms with van der Waals surface area (Å²) in [7, 11) is 0. The van der Waals surface area contributed by atoms with Gasteiger partial charge in [-0.2, -0.15) is 5.10 Å². The van der Waals surface area contributed by atoms with Gasteiger partial charge in [0.2, 0.25) is 0 Å². The fraction of sp³-hybridized carbons (Fsp3) is 0. The summed E-state index contributed by atoms with van der Waals surface area (Å²) < 4.78 is 0. The molecule has 4 nitrogen and oxygen atoms in total. The highest BCUT2D eigenvalue weighted by Crippen LogP contribution is 2.08. The van der Waals surface area contributed by atoms with Gasteiger partial charge in [-0.05, 0) is 6.07 Å². The maximum atomic E-state index is 4.05. The molecule has 0 fully saturated rings. The van der Waals surface area contributed by atoms with E-state index in [1.54, 1.807) is 30.9 Å². The van der Waals surface area contributed by atoms with Gasteiger partial charge in [-0.1, -0.05) is 0 Å². The van der Waals surface area contributed by atoms with Crippen molar-refractivity contribution in [3.05, 3.63) is 30.9 Å². The zero-order chi connectivity index (χ0) is 7.52. The van der Waals surface area contributed by atoms with Crippen LogP contribution in [0.1, 0.15) is 0 Å². The van der Waals surface area contributed by atoms with Crippen molar-refractivity contribution < 1.29 is 0 Å². The first-order valence-electron chi connectivity index (χ1n) is 3.23. The molecule has 2 aromatic heterocycles. The van der Waals surface area contributed by atoms with E-state index in [1.807, 2.05) is 0 Å². The van der Waals surface area contributed by atoms with Crippen LogP contribution in [0.5, 0.6) is 0 Å². The van der Waals surface area contributed by atoms with Gasteiger partial charge < -0.3 is 0 Å². The quantitative estimate of drug-likeness (QED) is 0.649. The number of hydrogen-bond acceptors (Lipinski definition) is 3. The van der Waals surface area contributed by atoms with Crippen molar-refractivity contribution in [1.29, 1.82) is 0 Å². The highest BCUT2D eigenvalue weighted by molar-refractivity contribution is 5.50. The summed E-state index contributed by atoms with van der Waals surface area (Å²) in [4.78, 5) is 8.10. The molecule has 2 aromatic rings. The lowest BCUT2D eigenvalue weighted by molar-refractivity contribution is 1.09. The van der Waals surface area contributed by atoms with E-state index in [-0.39, 0.29) is 0 Å². The molecule has 0 radical (unpaired) electrons. The van der Waals surface area contributed by atoms with Gasteiger partial charge in [0.15, 0.2) is 5.82 Å². The molecule has 0 spiro atoms. The monoisotopic (exact) mass is 146 g/mol. The summed E-state index contributed by atoms with van der Waals surface area (Å²) in [5.41, 5.74) is 0.908. The Morgan fingerprint density at radius 1 is 1.18 bits per heavy atom. The molecule has 2 rings (SSSR count). The van der Waals surface area contributed by atoms with Crippen LogP contribution < -0.4 is 0 Å². The average Bonchev–Trinajstić information content (AvgIpc) is 2.58. The number of H-pyrrole nitrogens is 1. The maximum absolute atomic E-state index is 4.05. The first-order valence-corrected chi connectivity index (χ1v) is 3.23. The van der Waals surface area contributed by atoms with Gasteiger partial charge in [0.25, 0.3) is 0 Å². The number of nitrogens with one attached hydrogen (secondary N) is 1. The molecule has 0 unspecified atom stereocenters. The second kappa shape index (κ2) is 2.49. The third-order valence-corrected chi connectivity index (χ3v) is 1.32. The van der Waals surface area contributed by atoms with Crippen molar-refractivity contribution in [2.75, 3.05) is 0 Å². The van der Waals surface area contributed by atoms with Crippen LogP contribution in [0.2, 0.25) is 0 Å². The smallest absolute Gasteiger partial charge is 0.162 e. The zero-order valence-electron chi connectivity index (χ0n) is 5.73. The molecule has 0 aliphatic heterocycles. The van der Waals surface area contributed by atoms with Gasteiger partial charge in [-0.15, -0.1) is 0 Å². The standard InChI is InChI=1S/C7H6N4/c1-2-8-7(9-3-1)6-4-10-11-5-6/h1-5H,(H,10,11). The third kappa shape index (κ3) is 1.10. The molecule has 2 heterocycles. The molecule has 0 aliphatic carbocycles. The minimum atomic E-state index is 0.696. The van der Waals surface area contributed by atoms with Crippen LogP contribution in [-0.2, 0) is 0 Å². The third-order valence-electron chi connectivity index (χ3n) is 1.32. The summed E-state index contributed by atoms with van der Waals surface area (Å²) in [6, 6.07) is 1.78. The largest absolute Gasteiger partial charge is 0.285 e. The Kier molecular flexibility index (Phi) is 1.37. The normalized spacial score (nSPS) is 9.82. The van der Waals surface area contributed by atoms with E-state index in [1.165, 1.54) is 0 Å². The van der Waals surface area contributed by atoms with Crippen LogP contribution in [0, 0.1) is 0 Å². The van der Waals surface area contributed by atoms with Crippen LogP contribution in [0.3, 0.4) is 0 Å². The van der Waals surface area contributed by atoms with Crippen LogP contribution >= 0.6 is 0 Å². The Labute approximate surface area is 63.3 Å². The number of aromatic amines is 1. The van der Waals surface area contributed by atoms with Gasteiger partial charge >= 0.3 is 0 Å². The topological polar surface area (TPSA) is 54.5 Å². The summed E-state index contributed by atoms with van der Waals surface area (Å²) in [6.45, 7) is 0. The molecular weight excluding hydrogens is 140 g/mol. The molecular formula is C7H6N4.